The average Bonchev–Trinajstić information content (AvgIpc) is 2.98. The Labute approximate surface area is 234 Å². The minimum Gasteiger partial charge on any atom is -0.459 e. The fraction of sp³-hybridized carbons (Fsp3) is 0.250. The highest BCUT2D eigenvalue weighted by molar-refractivity contribution is 7.46. The number of phosphoric ester groups is 1. The monoisotopic (exact) mass is 586 g/mol. The zero-order chi connectivity index (χ0) is 29.4. The van der Waals surface area contributed by atoms with Crippen LogP contribution in [0.5, 0.6) is 0 Å². The summed E-state index contributed by atoms with van der Waals surface area (Å²) in [5.74, 6) is -2.52. The van der Waals surface area contributed by atoms with Crippen molar-refractivity contribution in [2.45, 2.75) is 30.7 Å². The van der Waals surface area contributed by atoms with Gasteiger partial charge in [-0.3, -0.25) is 4.52 Å². The van der Waals surface area contributed by atoms with E-state index in [1.165, 1.54) is 43.5 Å². The summed E-state index contributed by atoms with van der Waals surface area (Å²) in [6.45, 7) is -0.586. The molecule has 0 amide bonds. The first kappa shape index (κ1) is 30.1. The molecular weight excluding hydrogens is 559 g/mol. The van der Waals surface area contributed by atoms with Crippen molar-refractivity contribution in [1.29, 1.82) is 0 Å². The third-order valence-corrected chi connectivity index (χ3v) is 6.49. The van der Waals surface area contributed by atoms with E-state index >= 15 is 0 Å². The first-order valence-corrected chi connectivity index (χ1v) is 13.9. The van der Waals surface area contributed by atoms with E-state index < -0.39 is 63.0 Å². The van der Waals surface area contributed by atoms with Crippen molar-refractivity contribution in [2.24, 2.45) is 0 Å². The number of esters is 3. The standard InChI is InChI=1S/C28H27O12P/c1-35-28-24(39-27(31)20-15-9-4-10-16-20)23(38-26(30)19-13-7-3-8-14-19)22(40-41(32,33)34)21(37-28)17-36-25(29)18-11-5-2-6-12-18/h2-16,21-24,28H,17H2,1H3,(H2,32,33,34)/t21-,22+,23+,24-,28-/m1/s1. The Bertz CT molecular complexity index is 1360. The van der Waals surface area contributed by atoms with Crippen LogP contribution < -0.4 is 0 Å². The number of carbonyl (C=O) groups is 3. The van der Waals surface area contributed by atoms with Crippen LogP contribution in [0.3, 0.4) is 0 Å². The number of methoxy groups -OCH3 is 1. The second-order valence-corrected chi connectivity index (χ2v) is 9.97. The maximum atomic E-state index is 13.1. The van der Waals surface area contributed by atoms with Gasteiger partial charge >= 0.3 is 25.7 Å². The fourth-order valence-corrected chi connectivity index (χ4v) is 4.67. The Kier molecular flexibility index (Phi) is 10.0. The van der Waals surface area contributed by atoms with Crippen molar-refractivity contribution in [1.82, 2.24) is 0 Å². The SMILES string of the molecule is CO[C@@H]1O[C@H](COC(=O)c2ccccc2)[C@H](OP(=O)(O)O)[C@H](OC(=O)c2ccccc2)[C@H]1OC(=O)c1ccccc1. The lowest BCUT2D eigenvalue weighted by Crippen LogP contribution is -2.62. The molecule has 216 valence electrons. The molecule has 1 saturated heterocycles. The predicted octanol–water partition coefficient (Wildman–Crippen LogP) is 3.14. The molecule has 5 atom stereocenters. The maximum Gasteiger partial charge on any atom is 0.470 e. The molecule has 0 aliphatic carbocycles. The maximum absolute atomic E-state index is 13.1. The highest BCUT2D eigenvalue weighted by atomic mass is 31.2. The van der Waals surface area contributed by atoms with E-state index in [9.17, 15) is 28.7 Å². The van der Waals surface area contributed by atoms with Crippen LogP contribution in [0.25, 0.3) is 0 Å². The van der Waals surface area contributed by atoms with Crippen molar-refractivity contribution in [3.63, 3.8) is 0 Å². The van der Waals surface area contributed by atoms with E-state index in [4.69, 9.17) is 28.2 Å². The Morgan fingerprint density at radius 1 is 0.707 bits per heavy atom. The molecule has 3 aromatic rings. The third-order valence-electron chi connectivity index (χ3n) is 5.98. The normalized spacial score (nSPS) is 22.4. The highest BCUT2D eigenvalue weighted by Crippen LogP contribution is 2.43. The molecule has 1 heterocycles. The van der Waals surface area contributed by atoms with E-state index in [-0.39, 0.29) is 16.7 Å². The van der Waals surface area contributed by atoms with Crippen LogP contribution in [0.15, 0.2) is 91.0 Å². The minimum absolute atomic E-state index is 0.100. The number of benzene rings is 3. The number of hydrogen-bond donors (Lipinski definition) is 2. The number of hydrogen-bond acceptors (Lipinski definition) is 10. The molecule has 0 unspecified atom stereocenters. The molecule has 0 bridgehead atoms. The molecule has 13 heteroatoms. The van der Waals surface area contributed by atoms with Crippen LogP contribution in [-0.4, -0.2) is 72.1 Å². The molecule has 0 saturated carbocycles. The van der Waals surface area contributed by atoms with Crippen LogP contribution in [0.4, 0.5) is 0 Å². The number of carbonyl (C=O) groups excluding carboxylic acids is 3. The zero-order valence-corrected chi connectivity index (χ0v) is 22.6. The van der Waals surface area contributed by atoms with Gasteiger partial charge < -0.3 is 33.5 Å². The Morgan fingerprint density at radius 3 is 1.59 bits per heavy atom. The van der Waals surface area contributed by atoms with Crippen LogP contribution in [0.1, 0.15) is 31.1 Å². The highest BCUT2D eigenvalue weighted by Gasteiger charge is 2.53. The summed E-state index contributed by atoms with van der Waals surface area (Å²) >= 11 is 0. The molecular formula is C28H27O12P. The van der Waals surface area contributed by atoms with Gasteiger partial charge in [0, 0.05) is 7.11 Å². The van der Waals surface area contributed by atoms with Crippen LogP contribution in [0.2, 0.25) is 0 Å². The third kappa shape index (κ3) is 8.08. The molecule has 2 N–H and O–H groups in total. The molecule has 3 aromatic carbocycles. The van der Waals surface area contributed by atoms with Gasteiger partial charge in [0.05, 0.1) is 16.7 Å². The van der Waals surface area contributed by atoms with Crippen LogP contribution >= 0.6 is 7.82 Å². The minimum atomic E-state index is -5.27. The molecule has 0 aromatic heterocycles. The Hall–Kier alpha value is -3.90. The summed E-state index contributed by atoms with van der Waals surface area (Å²) in [6.07, 6.45) is -7.86. The largest absolute Gasteiger partial charge is 0.470 e. The van der Waals surface area contributed by atoms with Gasteiger partial charge in [-0.1, -0.05) is 54.6 Å². The number of phosphoric acid groups is 1. The van der Waals surface area contributed by atoms with Gasteiger partial charge in [0.15, 0.2) is 18.5 Å². The average molecular weight is 586 g/mol. The van der Waals surface area contributed by atoms with Crippen molar-refractivity contribution in [3.8, 4) is 0 Å². The van der Waals surface area contributed by atoms with Crippen molar-refractivity contribution in [3.05, 3.63) is 108 Å². The van der Waals surface area contributed by atoms with E-state index in [1.807, 2.05) is 0 Å². The lowest BCUT2D eigenvalue weighted by molar-refractivity contribution is -0.289. The predicted molar refractivity (Wildman–Crippen MR) is 141 cm³/mol. The van der Waals surface area contributed by atoms with Gasteiger partial charge in [0.2, 0.25) is 0 Å². The fourth-order valence-electron chi connectivity index (χ4n) is 4.09. The molecule has 4 rings (SSSR count). The quantitative estimate of drug-likeness (QED) is 0.203. The lowest BCUT2D eigenvalue weighted by Gasteiger charge is -2.44. The van der Waals surface area contributed by atoms with E-state index in [2.05, 4.69) is 0 Å². The van der Waals surface area contributed by atoms with E-state index in [0.29, 0.717) is 0 Å². The molecule has 12 nitrogen and oxygen atoms in total. The first-order chi connectivity index (χ1) is 19.7. The molecule has 1 aliphatic heterocycles. The van der Waals surface area contributed by atoms with Crippen LogP contribution in [-0.2, 0) is 32.8 Å². The van der Waals surface area contributed by atoms with Crippen molar-refractivity contribution < 1.29 is 56.9 Å². The van der Waals surface area contributed by atoms with Gasteiger partial charge in [0.25, 0.3) is 0 Å². The summed E-state index contributed by atoms with van der Waals surface area (Å²) in [5, 5.41) is 0. The van der Waals surface area contributed by atoms with E-state index in [1.54, 1.807) is 54.6 Å². The summed E-state index contributed by atoms with van der Waals surface area (Å²) < 4.78 is 44.8. The van der Waals surface area contributed by atoms with Crippen molar-refractivity contribution in [2.75, 3.05) is 13.7 Å². The van der Waals surface area contributed by atoms with Crippen LogP contribution in [0, 0.1) is 0 Å². The Balaban J connectivity index is 1.67. The first-order valence-electron chi connectivity index (χ1n) is 12.3. The van der Waals surface area contributed by atoms with Gasteiger partial charge in [-0.2, -0.15) is 0 Å². The van der Waals surface area contributed by atoms with Crippen molar-refractivity contribution >= 4 is 25.7 Å². The molecule has 0 radical (unpaired) electrons. The van der Waals surface area contributed by atoms with Gasteiger partial charge in [0.1, 0.15) is 18.8 Å². The lowest BCUT2D eigenvalue weighted by atomic mass is 9.98. The second kappa shape index (κ2) is 13.6. The van der Waals surface area contributed by atoms with Gasteiger partial charge in [-0.25, -0.2) is 18.9 Å². The van der Waals surface area contributed by atoms with Gasteiger partial charge in [-0.05, 0) is 36.4 Å². The summed E-state index contributed by atoms with van der Waals surface area (Å²) in [6, 6.07) is 23.6. The smallest absolute Gasteiger partial charge is 0.459 e. The molecule has 1 fully saturated rings. The summed E-state index contributed by atoms with van der Waals surface area (Å²) in [7, 11) is -4.05. The topological polar surface area (TPSA) is 164 Å². The van der Waals surface area contributed by atoms with Gasteiger partial charge in [-0.15, -0.1) is 0 Å². The Morgan fingerprint density at radius 2 is 1.15 bits per heavy atom. The second-order valence-electron chi connectivity index (χ2n) is 8.78. The van der Waals surface area contributed by atoms with E-state index in [0.717, 1.165) is 0 Å². The molecule has 41 heavy (non-hydrogen) atoms. The zero-order valence-electron chi connectivity index (χ0n) is 21.7. The molecule has 1 aliphatic rings. The number of rotatable bonds is 10. The molecule has 0 spiro atoms. The summed E-state index contributed by atoms with van der Waals surface area (Å²) in [4.78, 5) is 58.1. The summed E-state index contributed by atoms with van der Waals surface area (Å²) in [5.41, 5.74) is 0.450. The number of ether oxygens (including phenoxy) is 5.